The van der Waals surface area contributed by atoms with Gasteiger partial charge in [-0.05, 0) is 37.5 Å². The quantitative estimate of drug-likeness (QED) is 0.827. The Morgan fingerprint density at radius 2 is 1.91 bits per heavy atom. The molecule has 1 aromatic rings. The number of carbonyl (C=O) groups excluding carboxylic acids is 1. The van der Waals surface area contributed by atoms with Crippen LogP contribution in [0.25, 0.3) is 0 Å². The summed E-state index contributed by atoms with van der Waals surface area (Å²) in [6.07, 6.45) is 0.745. The van der Waals surface area contributed by atoms with Crippen molar-refractivity contribution in [3.8, 4) is 5.75 Å². The van der Waals surface area contributed by atoms with Crippen LogP contribution in [-0.2, 0) is 10.0 Å². The third-order valence-corrected chi connectivity index (χ3v) is 5.51. The number of nitrogens with two attached hydrogens (primary N) is 1. The molecule has 1 aromatic carbocycles. The Morgan fingerprint density at radius 3 is 2.36 bits per heavy atom. The molecular formula is C15H24N2O4S. The number of carbonyl (C=O) groups is 1. The van der Waals surface area contributed by atoms with Crippen molar-refractivity contribution in [2.45, 2.75) is 38.1 Å². The van der Waals surface area contributed by atoms with Crippen molar-refractivity contribution < 1.29 is 17.9 Å². The van der Waals surface area contributed by atoms with Crippen LogP contribution in [-0.4, -0.2) is 38.8 Å². The van der Waals surface area contributed by atoms with Gasteiger partial charge < -0.3 is 10.5 Å². The van der Waals surface area contributed by atoms with Gasteiger partial charge in [-0.1, -0.05) is 13.8 Å². The highest BCUT2D eigenvalue weighted by molar-refractivity contribution is 7.89. The summed E-state index contributed by atoms with van der Waals surface area (Å²) in [6.45, 7) is 5.93. The van der Waals surface area contributed by atoms with E-state index in [9.17, 15) is 13.2 Å². The smallest absolute Gasteiger partial charge is 0.252 e. The summed E-state index contributed by atoms with van der Waals surface area (Å²) in [6, 6.07) is 3.96. The summed E-state index contributed by atoms with van der Waals surface area (Å²) < 4.78 is 31.7. The van der Waals surface area contributed by atoms with E-state index in [0.29, 0.717) is 5.92 Å². The molecular weight excluding hydrogens is 304 g/mol. The summed E-state index contributed by atoms with van der Waals surface area (Å²) in [5, 5.41) is 0. The number of hydrogen-bond donors (Lipinski definition) is 1. The van der Waals surface area contributed by atoms with Gasteiger partial charge in [0.05, 0.1) is 17.6 Å². The van der Waals surface area contributed by atoms with Gasteiger partial charge in [-0.15, -0.1) is 0 Å². The van der Waals surface area contributed by atoms with Crippen molar-refractivity contribution in [3.05, 3.63) is 23.8 Å². The lowest BCUT2D eigenvalue weighted by Gasteiger charge is -2.26. The zero-order valence-corrected chi connectivity index (χ0v) is 14.5. The summed E-state index contributed by atoms with van der Waals surface area (Å²) >= 11 is 0. The predicted octanol–water partition coefficient (Wildman–Crippen LogP) is 1.85. The second kappa shape index (κ2) is 7.11. The molecule has 0 spiro atoms. The molecule has 6 nitrogen and oxygen atoms in total. The molecule has 124 valence electrons. The van der Waals surface area contributed by atoms with E-state index in [-0.39, 0.29) is 22.3 Å². The first-order valence-electron chi connectivity index (χ1n) is 7.07. The number of nitrogens with zero attached hydrogens (tertiary/aromatic N) is 1. The molecule has 7 heteroatoms. The molecule has 0 aliphatic carbocycles. The van der Waals surface area contributed by atoms with Gasteiger partial charge in [0.25, 0.3) is 5.91 Å². The Kier molecular flexibility index (Phi) is 5.96. The Bertz CT molecular complexity index is 641. The number of rotatable bonds is 7. The van der Waals surface area contributed by atoms with Crippen molar-refractivity contribution in [2.75, 3.05) is 14.2 Å². The van der Waals surface area contributed by atoms with Gasteiger partial charge in [0.15, 0.2) is 0 Å². The summed E-state index contributed by atoms with van der Waals surface area (Å²) in [4.78, 5) is 11.5. The monoisotopic (exact) mass is 328 g/mol. The number of sulfonamides is 1. The van der Waals surface area contributed by atoms with Gasteiger partial charge in [-0.2, -0.15) is 4.31 Å². The van der Waals surface area contributed by atoms with Crippen molar-refractivity contribution in [1.82, 2.24) is 4.31 Å². The highest BCUT2D eigenvalue weighted by Crippen LogP contribution is 2.25. The average molecular weight is 328 g/mol. The first-order chi connectivity index (χ1) is 10.1. The van der Waals surface area contributed by atoms with E-state index in [1.54, 1.807) is 0 Å². The van der Waals surface area contributed by atoms with Crippen LogP contribution in [0.3, 0.4) is 0 Å². The van der Waals surface area contributed by atoms with Crippen molar-refractivity contribution >= 4 is 15.9 Å². The zero-order valence-electron chi connectivity index (χ0n) is 13.7. The summed E-state index contributed by atoms with van der Waals surface area (Å²) in [5.74, 6) is -0.0965. The molecule has 0 heterocycles. The maximum absolute atomic E-state index is 12.7. The number of amides is 1. The van der Waals surface area contributed by atoms with Crippen LogP contribution < -0.4 is 10.5 Å². The van der Waals surface area contributed by atoms with E-state index in [2.05, 4.69) is 0 Å². The number of ether oxygens (including phenoxy) is 1. The SMILES string of the molecule is COc1ccc(S(=O)(=O)N(C)[C@H](C)CC(C)C)cc1C(N)=O. The van der Waals surface area contributed by atoms with Crippen LogP contribution in [0.4, 0.5) is 0 Å². The molecule has 2 N–H and O–H groups in total. The molecule has 0 aliphatic heterocycles. The highest BCUT2D eigenvalue weighted by Gasteiger charge is 2.27. The Morgan fingerprint density at radius 1 is 1.32 bits per heavy atom. The fraction of sp³-hybridized carbons (Fsp3) is 0.533. The summed E-state index contributed by atoms with van der Waals surface area (Å²) in [5.41, 5.74) is 5.33. The van der Waals surface area contributed by atoms with Gasteiger partial charge in [-0.3, -0.25) is 4.79 Å². The lowest BCUT2D eigenvalue weighted by Crippen LogP contribution is -2.36. The molecule has 22 heavy (non-hydrogen) atoms. The van der Waals surface area contributed by atoms with Gasteiger partial charge >= 0.3 is 0 Å². The molecule has 1 rings (SSSR count). The van der Waals surface area contributed by atoms with Crippen LogP contribution in [0.1, 0.15) is 37.6 Å². The minimum Gasteiger partial charge on any atom is -0.496 e. The van der Waals surface area contributed by atoms with Gasteiger partial charge in [0.1, 0.15) is 5.75 Å². The topological polar surface area (TPSA) is 89.7 Å². The Hall–Kier alpha value is -1.60. The molecule has 0 saturated carbocycles. The second-order valence-electron chi connectivity index (χ2n) is 5.73. The number of hydrogen-bond acceptors (Lipinski definition) is 4. The standard InChI is InChI=1S/C15H24N2O4S/c1-10(2)8-11(3)17(4)22(19,20)12-6-7-14(21-5)13(9-12)15(16)18/h6-7,9-11H,8H2,1-5H3,(H2,16,18)/t11-/m1/s1. The average Bonchev–Trinajstić information content (AvgIpc) is 2.44. The van der Waals surface area contributed by atoms with Crippen LogP contribution in [0.5, 0.6) is 5.75 Å². The molecule has 0 aliphatic rings. The molecule has 0 saturated heterocycles. The van der Waals surface area contributed by atoms with Crippen LogP contribution >= 0.6 is 0 Å². The number of methoxy groups -OCH3 is 1. The Labute approximate surface area is 132 Å². The maximum atomic E-state index is 12.7. The van der Waals surface area contributed by atoms with E-state index in [1.807, 2.05) is 20.8 Å². The molecule has 0 unspecified atom stereocenters. The van der Waals surface area contributed by atoms with Crippen molar-refractivity contribution in [3.63, 3.8) is 0 Å². The van der Waals surface area contributed by atoms with Gasteiger partial charge in [-0.25, -0.2) is 8.42 Å². The van der Waals surface area contributed by atoms with Crippen molar-refractivity contribution in [1.29, 1.82) is 0 Å². The fourth-order valence-corrected chi connectivity index (χ4v) is 3.67. The predicted molar refractivity (Wildman–Crippen MR) is 85.4 cm³/mol. The second-order valence-corrected chi connectivity index (χ2v) is 7.72. The molecule has 0 fully saturated rings. The van der Waals surface area contributed by atoms with E-state index in [1.165, 1.54) is 36.7 Å². The minimum absolute atomic E-state index is 0.0280. The van der Waals surface area contributed by atoms with Gasteiger partial charge in [0.2, 0.25) is 10.0 Å². The van der Waals surface area contributed by atoms with Crippen molar-refractivity contribution in [2.24, 2.45) is 11.7 Å². The molecule has 1 atom stereocenters. The Balaban J connectivity index is 3.23. The van der Waals surface area contributed by atoms with Crippen LogP contribution in [0.15, 0.2) is 23.1 Å². The lowest BCUT2D eigenvalue weighted by molar-refractivity contribution is 0.0997. The summed E-state index contributed by atoms with van der Waals surface area (Å²) in [7, 11) is -0.761. The van der Waals surface area contributed by atoms with Crippen LogP contribution in [0, 0.1) is 5.92 Å². The maximum Gasteiger partial charge on any atom is 0.252 e. The largest absolute Gasteiger partial charge is 0.496 e. The third-order valence-electron chi connectivity index (χ3n) is 3.55. The van der Waals surface area contributed by atoms with Crippen LogP contribution in [0.2, 0.25) is 0 Å². The third kappa shape index (κ3) is 3.98. The first-order valence-corrected chi connectivity index (χ1v) is 8.51. The highest BCUT2D eigenvalue weighted by atomic mass is 32.2. The van der Waals surface area contributed by atoms with E-state index >= 15 is 0 Å². The zero-order chi connectivity index (χ0) is 17.1. The molecule has 0 bridgehead atoms. The molecule has 0 aromatic heterocycles. The molecule has 1 amide bonds. The van der Waals surface area contributed by atoms with E-state index in [0.717, 1.165) is 6.42 Å². The lowest BCUT2D eigenvalue weighted by atomic mass is 10.1. The number of primary amides is 1. The number of benzene rings is 1. The van der Waals surface area contributed by atoms with E-state index in [4.69, 9.17) is 10.5 Å². The molecule has 0 radical (unpaired) electrons. The minimum atomic E-state index is -3.69. The normalized spacial score (nSPS) is 13.4. The fourth-order valence-electron chi connectivity index (χ4n) is 2.27. The van der Waals surface area contributed by atoms with E-state index < -0.39 is 15.9 Å². The van der Waals surface area contributed by atoms with Gasteiger partial charge in [0, 0.05) is 13.1 Å². The first kappa shape index (κ1) is 18.4.